The maximum atomic E-state index is 12.3. The predicted octanol–water partition coefficient (Wildman–Crippen LogP) is 3.57. The molecule has 0 radical (unpaired) electrons. The molecule has 2 aromatic carbocycles. The van der Waals surface area contributed by atoms with E-state index >= 15 is 0 Å². The average molecular weight is 366 g/mol. The van der Waals surface area contributed by atoms with Crippen molar-refractivity contribution in [2.75, 3.05) is 19.0 Å². The van der Waals surface area contributed by atoms with Crippen molar-refractivity contribution in [2.24, 2.45) is 0 Å². The maximum Gasteiger partial charge on any atom is 0.313 e. The predicted molar refractivity (Wildman–Crippen MR) is 106 cm³/mol. The van der Waals surface area contributed by atoms with Crippen LogP contribution in [0.1, 0.15) is 36.8 Å². The number of aryl methyl sites for hydroxylation is 1. The Hall–Kier alpha value is -2.82. The lowest BCUT2D eigenvalue weighted by atomic mass is 9.78. The molecule has 0 heterocycles. The number of rotatable bonds is 5. The van der Waals surface area contributed by atoms with E-state index in [-0.39, 0.29) is 5.41 Å². The van der Waals surface area contributed by atoms with Crippen LogP contribution in [0.4, 0.5) is 5.69 Å². The van der Waals surface area contributed by atoms with E-state index in [0.29, 0.717) is 12.2 Å². The van der Waals surface area contributed by atoms with E-state index in [0.717, 1.165) is 37.0 Å². The van der Waals surface area contributed by atoms with E-state index in [1.807, 2.05) is 31.2 Å². The fraction of sp³-hybridized carbons (Fsp3) is 0.364. The molecule has 27 heavy (non-hydrogen) atoms. The third kappa shape index (κ3) is 4.48. The Morgan fingerprint density at radius 2 is 1.59 bits per heavy atom. The van der Waals surface area contributed by atoms with Gasteiger partial charge < -0.3 is 15.4 Å². The Morgan fingerprint density at radius 3 is 2.19 bits per heavy atom. The van der Waals surface area contributed by atoms with Crippen LogP contribution in [0.25, 0.3) is 0 Å². The van der Waals surface area contributed by atoms with Gasteiger partial charge in [0.15, 0.2) is 0 Å². The summed E-state index contributed by atoms with van der Waals surface area (Å²) in [6.07, 6.45) is 4.24. The minimum atomic E-state index is -0.637. The van der Waals surface area contributed by atoms with Crippen LogP contribution < -0.4 is 15.4 Å². The number of nitrogens with one attached hydrogen (secondary N) is 2. The van der Waals surface area contributed by atoms with Crippen molar-refractivity contribution in [1.82, 2.24) is 5.32 Å². The number of carbonyl (C=O) groups excluding carboxylic acids is 2. The van der Waals surface area contributed by atoms with E-state index < -0.39 is 11.8 Å². The second kappa shape index (κ2) is 8.25. The first-order valence-electron chi connectivity index (χ1n) is 9.33. The molecule has 5 heteroatoms. The van der Waals surface area contributed by atoms with Crippen LogP contribution >= 0.6 is 0 Å². The second-order valence-electron chi connectivity index (χ2n) is 7.22. The zero-order valence-corrected chi connectivity index (χ0v) is 15.9. The van der Waals surface area contributed by atoms with Gasteiger partial charge in [0.2, 0.25) is 0 Å². The van der Waals surface area contributed by atoms with Crippen LogP contribution in [0.15, 0.2) is 48.5 Å². The lowest BCUT2D eigenvalue weighted by molar-refractivity contribution is -0.136. The van der Waals surface area contributed by atoms with Crippen LogP contribution in [0, 0.1) is 6.92 Å². The van der Waals surface area contributed by atoms with E-state index in [1.54, 1.807) is 19.2 Å². The van der Waals surface area contributed by atoms with Gasteiger partial charge in [0.1, 0.15) is 5.75 Å². The first-order valence-corrected chi connectivity index (χ1v) is 9.33. The fourth-order valence-corrected chi connectivity index (χ4v) is 3.72. The summed E-state index contributed by atoms with van der Waals surface area (Å²) in [6.45, 7) is 2.43. The molecule has 0 atom stereocenters. The SMILES string of the molecule is COc1ccc(C2(CNC(=O)C(=O)Nc3ccc(C)cc3)CCCC2)cc1. The summed E-state index contributed by atoms with van der Waals surface area (Å²) in [4.78, 5) is 24.5. The molecule has 1 aliphatic rings. The minimum absolute atomic E-state index is 0.119. The quantitative estimate of drug-likeness (QED) is 0.795. The van der Waals surface area contributed by atoms with Crippen molar-refractivity contribution >= 4 is 17.5 Å². The van der Waals surface area contributed by atoms with Crippen LogP contribution in [0.3, 0.4) is 0 Å². The zero-order valence-electron chi connectivity index (χ0n) is 15.9. The van der Waals surface area contributed by atoms with Gasteiger partial charge in [-0.25, -0.2) is 0 Å². The Bertz CT molecular complexity index is 791. The normalized spacial score (nSPS) is 15.2. The van der Waals surface area contributed by atoms with Crippen LogP contribution in [0.5, 0.6) is 5.75 Å². The fourth-order valence-electron chi connectivity index (χ4n) is 3.72. The van der Waals surface area contributed by atoms with E-state index in [4.69, 9.17) is 4.74 Å². The zero-order chi connectivity index (χ0) is 19.3. The molecular weight excluding hydrogens is 340 g/mol. The smallest absolute Gasteiger partial charge is 0.313 e. The van der Waals surface area contributed by atoms with Gasteiger partial charge in [-0.3, -0.25) is 9.59 Å². The highest BCUT2D eigenvalue weighted by Gasteiger charge is 2.36. The molecule has 2 aromatic rings. The molecule has 0 unspecified atom stereocenters. The van der Waals surface area contributed by atoms with Crippen molar-refractivity contribution in [3.05, 3.63) is 59.7 Å². The number of methoxy groups -OCH3 is 1. The average Bonchev–Trinajstić information content (AvgIpc) is 3.18. The van der Waals surface area contributed by atoms with Gasteiger partial charge in [-0.15, -0.1) is 0 Å². The summed E-state index contributed by atoms with van der Waals surface area (Å²) in [5.41, 5.74) is 2.78. The number of benzene rings is 2. The molecule has 3 rings (SSSR count). The Balaban J connectivity index is 1.63. The third-order valence-corrected chi connectivity index (χ3v) is 5.37. The van der Waals surface area contributed by atoms with Crippen molar-refractivity contribution in [3.8, 4) is 5.75 Å². The van der Waals surface area contributed by atoms with Gasteiger partial charge >= 0.3 is 11.8 Å². The standard InChI is InChI=1S/C22H26N2O3/c1-16-5-9-18(10-6-16)24-21(26)20(25)23-15-22(13-3-4-14-22)17-7-11-19(27-2)12-8-17/h5-12H,3-4,13-15H2,1-2H3,(H,23,25)(H,24,26). The monoisotopic (exact) mass is 366 g/mol. The number of carbonyl (C=O) groups is 2. The molecule has 1 fully saturated rings. The van der Waals surface area contributed by atoms with Crippen molar-refractivity contribution in [3.63, 3.8) is 0 Å². The highest BCUT2D eigenvalue weighted by Crippen LogP contribution is 2.41. The molecule has 0 saturated heterocycles. The second-order valence-corrected chi connectivity index (χ2v) is 7.22. The Kier molecular flexibility index (Phi) is 5.79. The summed E-state index contributed by atoms with van der Waals surface area (Å²) >= 11 is 0. The molecule has 5 nitrogen and oxygen atoms in total. The third-order valence-electron chi connectivity index (χ3n) is 5.37. The van der Waals surface area contributed by atoms with E-state index in [2.05, 4.69) is 22.8 Å². The lowest BCUT2D eigenvalue weighted by Gasteiger charge is -2.30. The van der Waals surface area contributed by atoms with Gasteiger partial charge in [-0.1, -0.05) is 42.7 Å². The van der Waals surface area contributed by atoms with Gasteiger partial charge in [0, 0.05) is 17.6 Å². The van der Waals surface area contributed by atoms with Crippen molar-refractivity contribution < 1.29 is 14.3 Å². The molecule has 0 spiro atoms. The van der Waals surface area contributed by atoms with Crippen LogP contribution in [-0.2, 0) is 15.0 Å². The molecular formula is C22H26N2O3. The first kappa shape index (κ1) is 19.0. The highest BCUT2D eigenvalue weighted by molar-refractivity contribution is 6.39. The van der Waals surface area contributed by atoms with Gasteiger partial charge in [-0.05, 0) is 49.6 Å². The molecule has 0 aliphatic heterocycles. The number of amides is 2. The summed E-state index contributed by atoms with van der Waals surface area (Å²) < 4.78 is 5.24. The molecule has 1 saturated carbocycles. The van der Waals surface area contributed by atoms with Crippen molar-refractivity contribution in [2.45, 2.75) is 38.0 Å². The number of hydrogen-bond acceptors (Lipinski definition) is 3. The number of anilines is 1. The van der Waals surface area contributed by atoms with Gasteiger partial charge in [0.25, 0.3) is 0 Å². The summed E-state index contributed by atoms with van der Waals surface area (Å²) in [7, 11) is 1.65. The maximum absolute atomic E-state index is 12.3. The number of hydrogen-bond donors (Lipinski definition) is 2. The van der Waals surface area contributed by atoms with Crippen LogP contribution in [-0.4, -0.2) is 25.5 Å². The Morgan fingerprint density at radius 1 is 0.963 bits per heavy atom. The summed E-state index contributed by atoms with van der Waals surface area (Å²) in [5, 5.41) is 5.49. The molecule has 2 N–H and O–H groups in total. The molecule has 142 valence electrons. The van der Waals surface area contributed by atoms with Crippen LogP contribution in [0.2, 0.25) is 0 Å². The topological polar surface area (TPSA) is 67.4 Å². The summed E-state index contributed by atoms with van der Waals surface area (Å²) in [5.74, 6) is -0.425. The van der Waals surface area contributed by atoms with E-state index in [9.17, 15) is 9.59 Å². The molecule has 0 bridgehead atoms. The Labute approximate surface area is 160 Å². The molecule has 1 aliphatic carbocycles. The summed E-state index contributed by atoms with van der Waals surface area (Å²) in [6, 6.07) is 15.4. The largest absolute Gasteiger partial charge is 0.497 e. The highest BCUT2D eigenvalue weighted by atomic mass is 16.5. The first-order chi connectivity index (χ1) is 13.0. The van der Waals surface area contributed by atoms with Gasteiger partial charge in [0.05, 0.1) is 7.11 Å². The van der Waals surface area contributed by atoms with Crippen molar-refractivity contribution in [1.29, 1.82) is 0 Å². The minimum Gasteiger partial charge on any atom is -0.497 e. The van der Waals surface area contributed by atoms with Gasteiger partial charge in [-0.2, -0.15) is 0 Å². The molecule has 2 amide bonds. The number of ether oxygens (including phenoxy) is 1. The lowest BCUT2D eigenvalue weighted by Crippen LogP contribution is -2.43. The molecule has 0 aromatic heterocycles. The van der Waals surface area contributed by atoms with E-state index in [1.165, 1.54) is 5.56 Å².